The number of amides is 7. The number of aliphatic carboxylic acids is 8. The van der Waals surface area contributed by atoms with Crippen LogP contribution >= 0.6 is 30.2 Å². The number of benzene rings is 3. The van der Waals surface area contributed by atoms with Gasteiger partial charge in [-0.2, -0.15) is 0 Å². The molecule has 1 saturated heterocycles. The quantitative estimate of drug-likeness (QED) is 0.0170. The molecule has 0 spiro atoms. The molecule has 2 aliphatic rings. The Kier molecular flexibility index (Phi) is 55.2. The molecule has 1 fully saturated rings. The SMILES string of the molecule is O=C(O)CC(CP(=O)(O)OCCC[C@H](NC(=O)CC[C@H](CC(=O)CCCCCNC(=O)CCC(NC(=O)CCOCCOCCOCCOCCCC(=O)CCC(=O)N1Cc2ccccc2-c2c(nnn2CCCNC(=O)CN2CCN(CC(=O)O)CCN(CC(=O)O)CCN(CC(=O)O)CC2)-c2ccccc21)C(=O)NC(CCCCNC(=O)CCCc1ccc(I)cc1)C(=O)O)C(=O)O)C(=O)O)C(=O)O. The number of hydrogen-bond donors (Lipinski definition) is 15. The lowest BCUT2D eigenvalue weighted by Gasteiger charge is -2.32. The van der Waals surface area contributed by atoms with Gasteiger partial charge in [-0.25, -0.2) is 14.3 Å². The zero-order chi connectivity index (χ0) is 103. The van der Waals surface area contributed by atoms with Crippen LogP contribution in [0.1, 0.15) is 159 Å². The zero-order valence-electron chi connectivity index (χ0n) is 79.2. The fourth-order valence-electron chi connectivity index (χ4n) is 15.5. The molecule has 6 atom stereocenters. The van der Waals surface area contributed by atoms with Crippen LogP contribution in [0.15, 0.2) is 72.8 Å². The lowest BCUT2D eigenvalue weighted by atomic mass is 9.94. The molecule has 3 aromatic carbocycles. The van der Waals surface area contributed by atoms with Gasteiger partial charge >= 0.3 is 55.4 Å². The van der Waals surface area contributed by atoms with Crippen LogP contribution in [0.3, 0.4) is 0 Å². The van der Waals surface area contributed by atoms with Crippen molar-refractivity contribution < 1.29 is 155 Å². The number of para-hydroxylation sites is 1. The third-order valence-corrected chi connectivity index (χ3v) is 25.2. The second kappa shape index (κ2) is 65.8. The second-order valence-corrected chi connectivity index (χ2v) is 37.4. The Balaban J connectivity index is 0.867. The summed E-state index contributed by atoms with van der Waals surface area (Å²) in [5.41, 5.74) is 5.19. The molecule has 0 radical (unpaired) electrons. The van der Waals surface area contributed by atoms with E-state index in [1.165, 1.54) is 0 Å². The van der Waals surface area contributed by atoms with Crippen LogP contribution in [0.4, 0.5) is 5.69 Å². The van der Waals surface area contributed by atoms with Crippen molar-refractivity contribution in [3.05, 3.63) is 87.5 Å². The predicted octanol–water partition coefficient (Wildman–Crippen LogP) is 3.62. The number of nitrogens with zero attached hydrogens (tertiary/aromatic N) is 8. The lowest BCUT2D eigenvalue weighted by molar-refractivity contribution is -0.147. The highest BCUT2D eigenvalue weighted by Crippen LogP contribution is 2.45. The number of fused-ring (bicyclic) bond motifs is 5. The van der Waals surface area contributed by atoms with Crippen LogP contribution in [0.25, 0.3) is 22.5 Å². The van der Waals surface area contributed by atoms with Crippen LogP contribution in [-0.2, 0) is 129 Å². The predicted molar refractivity (Wildman–Crippen MR) is 514 cm³/mol. The van der Waals surface area contributed by atoms with Gasteiger partial charge in [-0.1, -0.05) is 66.2 Å². The van der Waals surface area contributed by atoms with Crippen molar-refractivity contribution in [3.8, 4) is 22.5 Å². The molecule has 4 unspecified atom stereocenters. The number of carboxylic acid groups (broad SMARTS) is 8. The van der Waals surface area contributed by atoms with E-state index in [1.807, 2.05) is 77.7 Å². The Bertz CT molecular complexity index is 4770. The van der Waals surface area contributed by atoms with Gasteiger partial charge in [0.1, 0.15) is 35.4 Å². The first-order chi connectivity index (χ1) is 67.4. The second-order valence-electron chi connectivity index (χ2n) is 34.2. The number of unbranched alkanes of at least 4 members (excludes halogenated alkanes) is 3. The van der Waals surface area contributed by atoms with Crippen molar-refractivity contribution in [2.75, 3.05) is 169 Å². The summed E-state index contributed by atoms with van der Waals surface area (Å²) < 4.78 is 42.6. The molecule has 15 N–H and O–H groups in total. The number of ketones is 2. The Morgan fingerprint density at radius 1 is 0.411 bits per heavy atom. The van der Waals surface area contributed by atoms with Crippen LogP contribution in [0, 0.1) is 15.4 Å². The van der Waals surface area contributed by atoms with Gasteiger partial charge in [-0.3, -0.25) is 96.1 Å². The summed E-state index contributed by atoms with van der Waals surface area (Å²) in [6, 6.07) is 18.6. The van der Waals surface area contributed by atoms with Crippen LogP contribution < -0.4 is 36.8 Å². The Hall–Kier alpha value is -11.3. The van der Waals surface area contributed by atoms with Gasteiger partial charge in [0.25, 0.3) is 0 Å². The van der Waals surface area contributed by atoms with Gasteiger partial charge in [0.05, 0.1) is 121 Å². The highest BCUT2D eigenvalue weighted by molar-refractivity contribution is 14.1. The maximum absolute atomic E-state index is 14.3. The molecule has 7 amide bonds. The monoisotopic (exact) mass is 2120 g/mol. The third kappa shape index (κ3) is 48.9. The summed E-state index contributed by atoms with van der Waals surface area (Å²) in [5.74, 6) is -17.8. The molecule has 3 heterocycles. The maximum atomic E-state index is 14.3. The van der Waals surface area contributed by atoms with E-state index in [1.54, 1.807) is 24.3 Å². The van der Waals surface area contributed by atoms with Crippen molar-refractivity contribution >= 4 is 137 Å². The summed E-state index contributed by atoms with van der Waals surface area (Å²) in [6.07, 6.45) is -0.337. The fraction of sp³-hybridized carbons (Fsp3) is 0.602. The molecule has 780 valence electrons. The van der Waals surface area contributed by atoms with Crippen molar-refractivity contribution in [1.82, 2.24) is 66.5 Å². The molecule has 4 aromatic rings. The van der Waals surface area contributed by atoms with Crippen LogP contribution in [0.5, 0.6) is 0 Å². The van der Waals surface area contributed by atoms with E-state index in [0.29, 0.717) is 80.6 Å². The topological polar surface area (TPSA) is 655 Å². The smallest absolute Gasteiger partial charge is 0.329 e. The van der Waals surface area contributed by atoms with E-state index in [0.717, 1.165) is 26.7 Å². The first-order valence-electron chi connectivity index (χ1n) is 47.3. The summed E-state index contributed by atoms with van der Waals surface area (Å²) in [7, 11) is -4.62. The Morgan fingerprint density at radius 2 is 0.915 bits per heavy atom. The lowest BCUT2D eigenvalue weighted by Crippen LogP contribution is -2.52. The first-order valence-corrected chi connectivity index (χ1v) is 50.1. The molecule has 0 saturated carbocycles. The molecule has 46 nitrogen and oxygen atoms in total. The van der Waals surface area contributed by atoms with E-state index >= 15 is 0 Å². The Morgan fingerprint density at radius 3 is 1.50 bits per heavy atom. The third-order valence-electron chi connectivity index (χ3n) is 23.0. The van der Waals surface area contributed by atoms with E-state index in [-0.39, 0.29) is 258 Å². The summed E-state index contributed by atoms with van der Waals surface area (Å²) in [4.78, 5) is 232. The summed E-state index contributed by atoms with van der Waals surface area (Å²) in [5, 5.41) is 102. The molecular weight excluding hydrogens is 1980 g/mol. The Labute approximate surface area is 829 Å². The molecule has 0 bridgehead atoms. The van der Waals surface area contributed by atoms with Crippen molar-refractivity contribution in [2.45, 2.75) is 185 Å². The van der Waals surface area contributed by atoms with Crippen molar-refractivity contribution in [3.63, 3.8) is 0 Å². The number of hydrogen-bond acceptors (Lipinski definition) is 29. The fourth-order valence-corrected chi connectivity index (χ4v) is 17.2. The number of nitrogens with one attached hydrogen (secondary N) is 6. The molecule has 6 rings (SSSR count). The van der Waals surface area contributed by atoms with Crippen molar-refractivity contribution in [2.24, 2.45) is 11.8 Å². The number of carboxylic acids is 8. The normalized spacial score (nSPS) is 14.8. The number of anilines is 1. The van der Waals surface area contributed by atoms with E-state index in [2.05, 4.69) is 64.8 Å². The average Bonchev–Trinajstić information content (AvgIpc) is 1.65. The molecule has 1 aromatic heterocycles. The van der Waals surface area contributed by atoms with E-state index < -0.39 is 147 Å². The maximum Gasteiger partial charge on any atom is 0.329 e. The number of halogens is 1. The minimum absolute atomic E-state index is 0.00352. The number of aromatic nitrogens is 3. The first kappa shape index (κ1) is 118. The number of rotatable bonds is 71. The van der Waals surface area contributed by atoms with Gasteiger partial charge in [-0.15, -0.1) is 5.10 Å². The highest BCUT2D eigenvalue weighted by Gasteiger charge is 2.35. The number of carbonyl (C=O) groups is 17. The number of aryl methyl sites for hydroxylation is 2. The molecule has 141 heavy (non-hydrogen) atoms. The molecule has 2 aliphatic heterocycles. The largest absolute Gasteiger partial charge is 0.481 e. The van der Waals surface area contributed by atoms with Gasteiger partial charge < -0.3 is 106 Å². The van der Waals surface area contributed by atoms with E-state index in [4.69, 9.17) is 28.6 Å². The average molecular weight is 2120 g/mol. The van der Waals surface area contributed by atoms with Crippen molar-refractivity contribution in [1.29, 1.82) is 0 Å². The van der Waals surface area contributed by atoms with Crippen LogP contribution in [0.2, 0.25) is 0 Å². The zero-order valence-corrected chi connectivity index (χ0v) is 82.2. The summed E-state index contributed by atoms with van der Waals surface area (Å²) in [6.45, 7) is 2.93. The number of ether oxygens (including phenoxy) is 4. The van der Waals surface area contributed by atoms with Gasteiger partial charge in [0.15, 0.2) is 0 Å². The van der Waals surface area contributed by atoms with Gasteiger partial charge in [-0.05, 0) is 135 Å². The van der Waals surface area contributed by atoms with Gasteiger partial charge in [0.2, 0.25) is 41.4 Å². The minimum atomic E-state index is -4.62. The number of Topliss-reactive ketones (excluding diaryl/α,β-unsaturated/α-hetero) is 2. The van der Waals surface area contributed by atoms with E-state index in [9.17, 15) is 127 Å². The standard InChI is InChI=1S/C93H134IN14O32P/c94-68-27-24-64(25-28-68)14-10-23-77(111)95-36-9-7-20-75(93(132)133)100-89(125)73(30-32-78(112)96-35-8-1-2-16-70(110)56-65(90(126)127)26-31-79(113)99-74(92(130)131)21-12-48-140-141(134,135)63-67(91(128)129)57-83(117)118)98-80(114)34-49-137-51-53-139-55-54-138-52-50-136-47-11-17-69(109)29-33-82(116)107-58-66-15-3-4-18-71(66)88-87(72-19-5-6-22-76(72)107)101-102-108(88)38-13-37-97-81(115)59-103-39-41-104(60-84(119)120)43-45-106(62-86(123)124)46-44-105(42-40-103)61-85(121)122/h3-6,15,18-19,22,24-25,27-28,65,67,73-75H,1-2,7-14,16-17,20-21,23,26,29-63H2,(H,95,111)(H,96,112)(H,97,115)(H,98,114)(H,99,113)(H,100,125)(H,117,118)(H,119,120)(H,121,122)(H,123,124)(H,126,127)(H,128,129)(H,130,131)(H,132,133)(H,134,135)/t65-,67?,73?,74+,75?/m1/s1. The van der Waals surface area contributed by atoms with Crippen LogP contribution in [-0.4, -0.2) is 363 Å². The summed E-state index contributed by atoms with van der Waals surface area (Å²) >= 11 is 2.21. The molecule has 48 heteroatoms. The minimum Gasteiger partial charge on any atom is -0.481 e. The number of carbonyl (C=O) groups excluding carboxylic acids is 9. The van der Waals surface area contributed by atoms with Gasteiger partial charge in [0, 0.05) is 158 Å². The highest BCUT2D eigenvalue weighted by atomic mass is 127. The molecule has 0 aliphatic carbocycles. The molecular formula is C93H134IN14O32P.